The first-order chi connectivity index (χ1) is 15.7. The molecule has 0 bridgehead atoms. The summed E-state index contributed by atoms with van der Waals surface area (Å²) in [4.78, 5) is 18.7. The van der Waals surface area contributed by atoms with E-state index in [1.165, 1.54) is 23.4 Å². The molecule has 0 spiro atoms. The normalized spacial score (nSPS) is 12.6. The van der Waals surface area contributed by atoms with E-state index in [-0.39, 0.29) is 6.03 Å². The summed E-state index contributed by atoms with van der Waals surface area (Å²) in [6.45, 7) is 0. The Morgan fingerprint density at radius 2 is 1.59 bits per heavy atom. The summed E-state index contributed by atoms with van der Waals surface area (Å²) in [5.41, 5.74) is 4.37. The van der Waals surface area contributed by atoms with E-state index in [1.54, 1.807) is 17.4 Å². The number of nitrogens with one attached hydrogen (secondary N) is 3. The molecule has 160 valence electrons. The third-order valence-electron chi connectivity index (χ3n) is 5.24. The van der Waals surface area contributed by atoms with Crippen molar-refractivity contribution in [2.45, 2.75) is 25.7 Å². The summed E-state index contributed by atoms with van der Waals surface area (Å²) < 4.78 is 0. The molecular weight excluding hydrogens is 420 g/mol. The lowest BCUT2D eigenvalue weighted by atomic mass is 10.0. The number of hydrogen-bond donors (Lipinski definition) is 3. The van der Waals surface area contributed by atoms with E-state index < -0.39 is 0 Å². The van der Waals surface area contributed by atoms with Crippen LogP contribution in [-0.4, -0.2) is 21.2 Å². The molecule has 0 radical (unpaired) electrons. The number of para-hydroxylation sites is 2. The molecule has 32 heavy (non-hydrogen) atoms. The number of thiazole rings is 1. The van der Waals surface area contributed by atoms with E-state index in [2.05, 4.69) is 26.1 Å². The molecular formula is C24H22N6OS. The van der Waals surface area contributed by atoms with Crippen LogP contribution in [0.5, 0.6) is 0 Å². The van der Waals surface area contributed by atoms with Crippen molar-refractivity contribution in [1.82, 2.24) is 15.2 Å². The molecule has 7 nitrogen and oxygen atoms in total. The van der Waals surface area contributed by atoms with E-state index >= 15 is 0 Å². The largest absolute Gasteiger partial charge is 0.330 e. The summed E-state index contributed by atoms with van der Waals surface area (Å²) in [6.07, 6.45) is 4.56. The molecule has 2 heterocycles. The Labute approximate surface area is 190 Å². The van der Waals surface area contributed by atoms with Crippen LogP contribution in [0.3, 0.4) is 0 Å². The SMILES string of the molecule is O=C(Nc1ccc(-c2ccccc2)nn1)Nc1ccccc1Nc1nc2c(s1)CCCC2. The number of urea groups is 1. The first-order valence-electron chi connectivity index (χ1n) is 10.6. The zero-order chi connectivity index (χ0) is 21.8. The van der Waals surface area contributed by atoms with Crippen LogP contribution in [0.4, 0.5) is 27.1 Å². The van der Waals surface area contributed by atoms with Gasteiger partial charge in [0.1, 0.15) is 0 Å². The van der Waals surface area contributed by atoms with Crippen molar-refractivity contribution in [3.05, 3.63) is 77.3 Å². The topological polar surface area (TPSA) is 91.8 Å². The van der Waals surface area contributed by atoms with E-state index in [0.717, 1.165) is 34.9 Å². The maximum Gasteiger partial charge on any atom is 0.324 e. The molecule has 0 saturated carbocycles. The van der Waals surface area contributed by atoms with Crippen molar-refractivity contribution in [2.75, 3.05) is 16.0 Å². The highest BCUT2D eigenvalue weighted by Crippen LogP contribution is 2.33. The number of aryl methyl sites for hydroxylation is 2. The number of benzene rings is 2. The fraction of sp³-hybridized carbons (Fsp3) is 0.167. The van der Waals surface area contributed by atoms with Gasteiger partial charge < -0.3 is 10.6 Å². The second-order valence-electron chi connectivity index (χ2n) is 7.52. The minimum absolute atomic E-state index is 0.375. The van der Waals surface area contributed by atoms with Crippen LogP contribution in [0.25, 0.3) is 11.3 Å². The predicted molar refractivity (Wildman–Crippen MR) is 129 cm³/mol. The number of aromatic nitrogens is 3. The lowest BCUT2D eigenvalue weighted by Gasteiger charge is -2.12. The number of amides is 2. The Kier molecular flexibility index (Phi) is 5.76. The van der Waals surface area contributed by atoms with Crippen molar-refractivity contribution < 1.29 is 4.79 Å². The molecule has 1 aliphatic carbocycles. The van der Waals surface area contributed by atoms with Gasteiger partial charge in [-0.2, -0.15) is 0 Å². The molecule has 0 aliphatic heterocycles. The molecule has 2 aromatic heterocycles. The maximum atomic E-state index is 12.6. The summed E-state index contributed by atoms with van der Waals surface area (Å²) in [5, 5.41) is 18.2. The Balaban J connectivity index is 1.25. The van der Waals surface area contributed by atoms with Crippen molar-refractivity contribution in [3.63, 3.8) is 0 Å². The number of fused-ring (bicyclic) bond motifs is 1. The average Bonchev–Trinajstić information content (AvgIpc) is 3.24. The number of anilines is 4. The van der Waals surface area contributed by atoms with Crippen LogP contribution in [0.1, 0.15) is 23.4 Å². The standard InChI is InChI=1S/C24H22N6OS/c31-23(28-22-15-14-17(29-30-22)16-8-2-1-3-9-16)25-18-10-4-5-11-19(18)26-24-27-20-12-6-7-13-21(20)32-24/h1-5,8-11,14-15H,6-7,12-13H2,(H,26,27)(H2,25,28,30,31). The first-order valence-corrected chi connectivity index (χ1v) is 11.4. The summed E-state index contributed by atoms with van der Waals surface area (Å²) >= 11 is 1.69. The molecule has 4 aromatic rings. The van der Waals surface area contributed by atoms with Crippen molar-refractivity contribution in [2.24, 2.45) is 0 Å². The number of hydrogen-bond acceptors (Lipinski definition) is 6. The van der Waals surface area contributed by atoms with E-state index in [9.17, 15) is 4.79 Å². The zero-order valence-corrected chi connectivity index (χ0v) is 18.2. The number of rotatable bonds is 5. The molecule has 1 aliphatic rings. The molecule has 0 atom stereocenters. The average molecular weight is 443 g/mol. The van der Waals surface area contributed by atoms with Crippen molar-refractivity contribution in [3.8, 4) is 11.3 Å². The Morgan fingerprint density at radius 3 is 2.38 bits per heavy atom. The van der Waals surface area contributed by atoms with Gasteiger partial charge in [-0.1, -0.05) is 42.5 Å². The summed E-state index contributed by atoms with van der Waals surface area (Å²) in [5.74, 6) is 0.375. The molecule has 5 rings (SSSR count). The van der Waals surface area contributed by atoms with Gasteiger partial charge in [0.2, 0.25) is 0 Å². The predicted octanol–water partition coefficient (Wildman–Crippen LogP) is 5.87. The van der Waals surface area contributed by atoms with Gasteiger partial charge in [0.05, 0.1) is 22.8 Å². The number of carbonyl (C=O) groups excluding carboxylic acids is 1. The van der Waals surface area contributed by atoms with Crippen molar-refractivity contribution in [1.29, 1.82) is 0 Å². The highest BCUT2D eigenvalue weighted by Gasteiger charge is 2.16. The Morgan fingerprint density at radius 1 is 0.812 bits per heavy atom. The number of carbonyl (C=O) groups is 1. The maximum absolute atomic E-state index is 12.6. The van der Waals surface area contributed by atoms with Gasteiger partial charge in [-0.15, -0.1) is 21.5 Å². The molecule has 3 N–H and O–H groups in total. The molecule has 0 unspecified atom stereocenters. The van der Waals surface area contributed by atoms with E-state index in [1.807, 2.05) is 60.7 Å². The first kappa shape index (κ1) is 20.1. The van der Waals surface area contributed by atoms with E-state index in [4.69, 9.17) is 4.98 Å². The lowest BCUT2D eigenvalue weighted by Crippen LogP contribution is -2.20. The quantitative estimate of drug-likeness (QED) is 0.360. The zero-order valence-electron chi connectivity index (χ0n) is 17.3. The molecule has 0 fully saturated rings. The van der Waals surface area contributed by atoms with Crippen LogP contribution >= 0.6 is 11.3 Å². The molecule has 2 amide bonds. The highest BCUT2D eigenvalue weighted by atomic mass is 32.1. The third-order valence-corrected chi connectivity index (χ3v) is 6.31. The molecule has 2 aromatic carbocycles. The fourth-order valence-corrected chi connectivity index (χ4v) is 4.72. The van der Waals surface area contributed by atoms with Gasteiger partial charge in [-0.05, 0) is 49.9 Å². The van der Waals surface area contributed by atoms with Crippen LogP contribution in [0.2, 0.25) is 0 Å². The smallest absolute Gasteiger partial charge is 0.324 e. The van der Waals surface area contributed by atoms with Crippen LogP contribution < -0.4 is 16.0 Å². The molecule has 0 saturated heterocycles. The third kappa shape index (κ3) is 4.60. The highest BCUT2D eigenvalue weighted by molar-refractivity contribution is 7.15. The monoisotopic (exact) mass is 442 g/mol. The van der Waals surface area contributed by atoms with Gasteiger partial charge in [-0.25, -0.2) is 9.78 Å². The van der Waals surface area contributed by atoms with E-state index in [0.29, 0.717) is 11.5 Å². The van der Waals surface area contributed by atoms with Gasteiger partial charge >= 0.3 is 6.03 Å². The minimum atomic E-state index is -0.389. The Bertz CT molecular complexity index is 1200. The summed E-state index contributed by atoms with van der Waals surface area (Å²) in [6, 6.07) is 20.5. The summed E-state index contributed by atoms with van der Waals surface area (Å²) in [7, 11) is 0. The van der Waals surface area contributed by atoms with Crippen LogP contribution in [-0.2, 0) is 12.8 Å². The van der Waals surface area contributed by atoms with Gasteiger partial charge in [0.15, 0.2) is 10.9 Å². The minimum Gasteiger partial charge on any atom is -0.330 e. The van der Waals surface area contributed by atoms with Gasteiger partial charge in [0.25, 0.3) is 0 Å². The van der Waals surface area contributed by atoms with Gasteiger partial charge in [0, 0.05) is 10.4 Å². The fourth-order valence-electron chi connectivity index (χ4n) is 3.65. The van der Waals surface area contributed by atoms with Crippen LogP contribution in [0, 0.1) is 0 Å². The number of nitrogens with zero attached hydrogens (tertiary/aromatic N) is 3. The second kappa shape index (κ2) is 9.15. The van der Waals surface area contributed by atoms with Crippen molar-refractivity contribution >= 4 is 39.7 Å². The van der Waals surface area contributed by atoms with Gasteiger partial charge in [-0.3, -0.25) is 5.32 Å². The molecule has 8 heteroatoms. The second-order valence-corrected chi connectivity index (χ2v) is 8.60. The van der Waals surface area contributed by atoms with Crippen LogP contribution in [0.15, 0.2) is 66.7 Å². The lowest BCUT2D eigenvalue weighted by molar-refractivity contribution is 0.262. The Hall–Kier alpha value is -3.78.